The number of likely N-dealkylation sites (N-methyl/N-ethyl adjacent to an activating group) is 1. The van der Waals surface area contributed by atoms with Crippen LogP contribution in [0, 0.1) is 20.8 Å². The minimum atomic E-state index is -0.0886. The molecule has 28 heavy (non-hydrogen) atoms. The number of furan rings is 1. The molecule has 150 valence electrons. The number of benzene rings is 1. The Bertz CT molecular complexity index is 952. The summed E-state index contributed by atoms with van der Waals surface area (Å²) in [5, 5.41) is 1.33. The fourth-order valence-corrected chi connectivity index (χ4v) is 4.60. The van der Waals surface area contributed by atoms with Crippen LogP contribution in [0.1, 0.15) is 41.3 Å². The van der Waals surface area contributed by atoms with E-state index >= 15 is 0 Å². The van der Waals surface area contributed by atoms with E-state index in [-0.39, 0.29) is 5.91 Å². The van der Waals surface area contributed by atoms with Gasteiger partial charge in [-0.2, -0.15) is 0 Å². The summed E-state index contributed by atoms with van der Waals surface area (Å²) in [6.07, 6.45) is 0. The summed E-state index contributed by atoms with van der Waals surface area (Å²) in [7, 11) is 0. The highest BCUT2D eigenvalue weighted by Gasteiger charge is 2.25. The van der Waals surface area contributed by atoms with Crippen molar-refractivity contribution < 1.29 is 9.21 Å². The molecule has 0 spiro atoms. The lowest BCUT2D eigenvalue weighted by molar-refractivity contribution is 0.0982. The maximum absolute atomic E-state index is 13.4. The number of nitrogens with zero attached hydrogens (tertiary/aromatic N) is 3. The second-order valence-corrected chi connectivity index (χ2v) is 8.23. The molecule has 3 aromatic rings. The van der Waals surface area contributed by atoms with Crippen molar-refractivity contribution in [2.45, 2.75) is 34.6 Å². The number of amides is 1. The molecular weight excluding hydrogens is 394 g/mol. The highest BCUT2D eigenvalue weighted by molar-refractivity contribution is 7.23. The van der Waals surface area contributed by atoms with Gasteiger partial charge in [-0.05, 0) is 51.6 Å². The van der Waals surface area contributed by atoms with Gasteiger partial charge in [-0.3, -0.25) is 9.69 Å². The maximum Gasteiger partial charge on any atom is 0.263 e. The molecule has 0 saturated heterocycles. The van der Waals surface area contributed by atoms with Gasteiger partial charge in [0.15, 0.2) is 5.13 Å². The van der Waals surface area contributed by atoms with Crippen molar-refractivity contribution in [3.63, 3.8) is 0 Å². The molecule has 0 fully saturated rings. The van der Waals surface area contributed by atoms with Gasteiger partial charge in [0.1, 0.15) is 11.5 Å². The first-order valence-corrected chi connectivity index (χ1v) is 10.7. The van der Waals surface area contributed by atoms with E-state index in [2.05, 4.69) is 18.7 Å². The van der Waals surface area contributed by atoms with Gasteiger partial charge in [0.2, 0.25) is 0 Å². The second-order valence-electron chi connectivity index (χ2n) is 6.85. The number of hydrogen-bond acceptors (Lipinski definition) is 5. The third-order valence-electron chi connectivity index (χ3n) is 4.97. The summed E-state index contributed by atoms with van der Waals surface area (Å²) in [4.78, 5) is 22.2. The van der Waals surface area contributed by atoms with E-state index in [1.165, 1.54) is 11.3 Å². The molecule has 0 unspecified atom stereocenters. The SMILES string of the molecule is CCN(CC)CCN(C(=O)c1cc(C)oc1C)c1nc2c(C)ccc(Cl)c2s1. The molecular formula is C21H26ClN3O2S. The summed E-state index contributed by atoms with van der Waals surface area (Å²) >= 11 is 7.85. The minimum absolute atomic E-state index is 0.0886. The van der Waals surface area contributed by atoms with Crippen LogP contribution < -0.4 is 4.90 Å². The summed E-state index contributed by atoms with van der Waals surface area (Å²) in [5.74, 6) is 1.27. The Balaban J connectivity index is 2.03. The third kappa shape index (κ3) is 4.09. The molecule has 7 heteroatoms. The fourth-order valence-electron chi connectivity index (χ4n) is 3.26. The van der Waals surface area contributed by atoms with Crippen molar-refractivity contribution in [1.82, 2.24) is 9.88 Å². The molecule has 0 radical (unpaired) electrons. The van der Waals surface area contributed by atoms with E-state index in [9.17, 15) is 4.79 Å². The number of carbonyl (C=O) groups excluding carboxylic acids is 1. The number of thiazole rings is 1. The van der Waals surface area contributed by atoms with Gasteiger partial charge in [0.25, 0.3) is 5.91 Å². The quantitative estimate of drug-likeness (QED) is 0.510. The third-order valence-corrected chi connectivity index (χ3v) is 6.51. The topological polar surface area (TPSA) is 49.6 Å². The molecule has 0 aliphatic heterocycles. The van der Waals surface area contributed by atoms with Crippen molar-refractivity contribution in [3.05, 3.63) is 45.9 Å². The predicted molar refractivity (Wildman–Crippen MR) is 117 cm³/mol. The van der Waals surface area contributed by atoms with E-state index in [0.717, 1.165) is 41.2 Å². The monoisotopic (exact) mass is 419 g/mol. The number of hydrogen-bond donors (Lipinski definition) is 0. The molecule has 2 heterocycles. The lowest BCUT2D eigenvalue weighted by Crippen LogP contribution is -2.39. The zero-order chi connectivity index (χ0) is 20.4. The molecule has 0 N–H and O–H groups in total. The van der Waals surface area contributed by atoms with Gasteiger partial charge in [0.05, 0.1) is 20.8 Å². The number of anilines is 1. The molecule has 1 aromatic carbocycles. The summed E-state index contributed by atoms with van der Waals surface area (Å²) in [6.45, 7) is 13.1. The van der Waals surface area contributed by atoms with Crippen LogP contribution in [0.2, 0.25) is 5.02 Å². The van der Waals surface area contributed by atoms with Crippen LogP contribution >= 0.6 is 22.9 Å². The van der Waals surface area contributed by atoms with Gasteiger partial charge >= 0.3 is 0 Å². The summed E-state index contributed by atoms with van der Waals surface area (Å²) < 4.78 is 6.50. The first-order valence-electron chi connectivity index (χ1n) is 9.52. The number of fused-ring (bicyclic) bond motifs is 1. The number of carbonyl (C=O) groups is 1. The molecule has 1 amide bonds. The van der Waals surface area contributed by atoms with E-state index < -0.39 is 0 Å². The zero-order valence-electron chi connectivity index (χ0n) is 17.0. The molecule has 0 aliphatic rings. The van der Waals surface area contributed by atoms with E-state index in [4.69, 9.17) is 21.0 Å². The van der Waals surface area contributed by atoms with Crippen LogP contribution in [0.15, 0.2) is 22.6 Å². The molecule has 0 aliphatic carbocycles. The lowest BCUT2D eigenvalue weighted by atomic mass is 10.2. The van der Waals surface area contributed by atoms with Crippen LogP contribution in [0.3, 0.4) is 0 Å². The maximum atomic E-state index is 13.4. The Kier molecular flexibility index (Phi) is 6.43. The van der Waals surface area contributed by atoms with Gasteiger partial charge in [-0.25, -0.2) is 4.98 Å². The van der Waals surface area contributed by atoms with E-state index in [0.29, 0.717) is 28.0 Å². The fraction of sp³-hybridized carbons (Fsp3) is 0.429. The highest BCUT2D eigenvalue weighted by Crippen LogP contribution is 2.36. The normalized spacial score (nSPS) is 11.5. The van der Waals surface area contributed by atoms with Gasteiger partial charge in [-0.15, -0.1) is 0 Å². The molecule has 0 saturated carbocycles. The number of rotatable bonds is 7. The summed E-state index contributed by atoms with van der Waals surface area (Å²) in [5.41, 5.74) is 2.49. The average Bonchev–Trinajstić information content (AvgIpc) is 3.26. The average molecular weight is 420 g/mol. The molecule has 3 rings (SSSR count). The Hall–Kier alpha value is -1.89. The van der Waals surface area contributed by atoms with E-state index in [1.54, 1.807) is 11.0 Å². The highest BCUT2D eigenvalue weighted by atomic mass is 35.5. The smallest absolute Gasteiger partial charge is 0.263 e. The van der Waals surface area contributed by atoms with Gasteiger partial charge in [0, 0.05) is 13.1 Å². The summed E-state index contributed by atoms with van der Waals surface area (Å²) in [6, 6.07) is 5.64. The standard InChI is InChI=1S/C21H26ClN3O2S/c1-6-24(7-2)10-11-25(20(26)16-12-14(4)27-15(16)5)21-23-18-13(3)8-9-17(22)19(18)28-21/h8-9,12H,6-7,10-11H2,1-5H3. The van der Waals surface area contributed by atoms with Crippen LogP contribution in [0.25, 0.3) is 10.2 Å². The van der Waals surface area contributed by atoms with Crippen LogP contribution in [-0.2, 0) is 0 Å². The lowest BCUT2D eigenvalue weighted by Gasteiger charge is -2.24. The minimum Gasteiger partial charge on any atom is -0.466 e. The van der Waals surface area contributed by atoms with Crippen LogP contribution in [0.5, 0.6) is 0 Å². The van der Waals surface area contributed by atoms with Gasteiger partial charge in [-0.1, -0.05) is 42.9 Å². The molecule has 0 atom stereocenters. The predicted octanol–water partition coefficient (Wildman–Crippen LogP) is 5.46. The van der Waals surface area contributed by atoms with Gasteiger partial charge < -0.3 is 9.32 Å². The molecule has 5 nitrogen and oxygen atoms in total. The first-order chi connectivity index (χ1) is 13.3. The first kappa shape index (κ1) is 20.8. The van der Waals surface area contributed by atoms with Crippen molar-refractivity contribution in [1.29, 1.82) is 0 Å². The van der Waals surface area contributed by atoms with Crippen molar-refractivity contribution >= 4 is 44.2 Å². The Morgan fingerprint density at radius 1 is 1.18 bits per heavy atom. The number of aryl methyl sites for hydroxylation is 3. The molecule has 2 aromatic heterocycles. The molecule has 0 bridgehead atoms. The van der Waals surface area contributed by atoms with E-state index in [1.807, 2.05) is 32.9 Å². The Morgan fingerprint density at radius 3 is 2.46 bits per heavy atom. The zero-order valence-corrected chi connectivity index (χ0v) is 18.6. The van der Waals surface area contributed by atoms with Crippen molar-refractivity contribution in [2.75, 3.05) is 31.1 Å². The largest absolute Gasteiger partial charge is 0.466 e. The Morgan fingerprint density at radius 2 is 1.89 bits per heavy atom. The van der Waals surface area contributed by atoms with Crippen molar-refractivity contribution in [3.8, 4) is 0 Å². The van der Waals surface area contributed by atoms with Crippen LogP contribution in [0.4, 0.5) is 5.13 Å². The van der Waals surface area contributed by atoms with Crippen LogP contribution in [-0.4, -0.2) is 42.0 Å². The second kappa shape index (κ2) is 8.64. The number of halogens is 1. The Labute approximate surface area is 174 Å². The number of aromatic nitrogens is 1. The van der Waals surface area contributed by atoms with Crippen molar-refractivity contribution in [2.24, 2.45) is 0 Å².